The minimum atomic E-state index is -0.972. The molecule has 0 bridgehead atoms. The minimum absolute atomic E-state index is 0.191. The number of nitrogens with zero attached hydrogens (tertiary/aromatic N) is 3. The molecule has 146 valence electrons. The van der Waals surface area contributed by atoms with Gasteiger partial charge < -0.3 is 21.5 Å². The highest BCUT2D eigenvalue weighted by atomic mass is 19.1. The molecule has 7 nitrogen and oxygen atoms in total. The first kappa shape index (κ1) is 19.4. The predicted octanol–water partition coefficient (Wildman–Crippen LogP) is 3.33. The number of hydrogen-bond donors (Lipinski definition) is 4. The number of nitrogens with one attached hydrogen (secondary N) is 2. The van der Waals surface area contributed by atoms with Crippen molar-refractivity contribution in [3.05, 3.63) is 54.1 Å². The van der Waals surface area contributed by atoms with E-state index in [-0.39, 0.29) is 23.9 Å². The van der Waals surface area contributed by atoms with E-state index in [4.69, 9.17) is 5.73 Å². The average Bonchev–Trinajstić information content (AvgIpc) is 2.58. The number of anilines is 4. The van der Waals surface area contributed by atoms with E-state index in [1.807, 2.05) is 0 Å². The largest absolute Gasteiger partial charge is 0.389 e. The van der Waals surface area contributed by atoms with E-state index in [1.165, 1.54) is 0 Å². The summed E-state index contributed by atoms with van der Waals surface area (Å²) in [6.07, 6.45) is 0. The van der Waals surface area contributed by atoms with E-state index in [0.29, 0.717) is 17.3 Å². The lowest BCUT2D eigenvalue weighted by molar-refractivity contribution is 0.0944. The summed E-state index contributed by atoms with van der Waals surface area (Å²) in [5, 5.41) is 15.8. The molecule has 3 aromatic rings. The maximum absolute atomic E-state index is 13.5. The topological polar surface area (TPSA) is 109 Å². The number of benzene rings is 1. The van der Waals surface area contributed by atoms with Crippen molar-refractivity contribution < 1.29 is 13.9 Å². The van der Waals surface area contributed by atoms with E-state index in [1.54, 1.807) is 38.1 Å². The number of halogens is 2. The Hall–Kier alpha value is -3.33. The summed E-state index contributed by atoms with van der Waals surface area (Å²) in [5.74, 6) is -0.178. The van der Waals surface area contributed by atoms with Gasteiger partial charge in [0.05, 0.1) is 5.60 Å². The van der Waals surface area contributed by atoms with Crippen LogP contribution in [0, 0.1) is 11.6 Å². The number of rotatable bonds is 6. The van der Waals surface area contributed by atoms with Crippen LogP contribution < -0.4 is 16.4 Å². The van der Waals surface area contributed by atoms with Gasteiger partial charge in [0.25, 0.3) is 0 Å². The van der Waals surface area contributed by atoms with E-state index in [9.17, 15) is 13.9 Å². The van der Waals surface area contributed by atoms with Gasteiger partial charge in [-0.05, 0) is 38.1 Å². The molecule has 5 N–H and O–H groups in total. The lowest BCUT2D eigenvalue weighted by Gasteiger charge is -2.19. The number of hydrogen-bond acceptors (Lipinski definition) is 7. The Kier molecular flexibility index (Phi) is 5.36. The van der Waals surface area contributed by atoms with Crippen LogP contribution in [0.2, 0.25) is 0 Å². The van der Waals surface area contributed by atoms with Crippen molar-refractivity contribution >= 4 is 23.1 Å². The standard InChI is InChI=1S/C19H20F2N6O/c1-19(2,28)10-23-16-9-17(24-13-7-11(20)6-12(21)8-13)27-18(26-16)14-4-3-5-15(22)25-14/h3-9,28H,10H2,1-2H3,(H2,22,25)(H2,23,24,26,27). The molecule has 2 heterocycles. The summed E-state index contributed by atoms with van der Waals surface area (Å²) in [7, 11) is 0. The Balaban J connectivity index is 1.98. The molecular weight excluding hydrogens is 366 g/mol. The zero-order valence-electron chi connectivity index (χ0n) is 15.4. The molecule has 3 rings (SSSR count). The Labute approximate surface area is 160 Å². The molecule has 2 aromatic heterocycles. The molecule has 0 aliphatic rings. The third-order valence-electron chi connectivity index (χ3n) is 3.56. The number of nitrogens with two attached hydrogens (primary N) is 1. The fourth-order valence-corrected chi connectivity index (χ4v) is 2.37. The van der Waals surface area contributed by atoms with Gasteiger partial charge in [-0.25, -0.2) is 23.7 Å². The first-order valence-corrected chi connectivity index (χ1v) is 8.49. The van der Waals surface area contributed by atoms with Crippen LogP contribution in [-0.2, 0) is 0 Å². The van der Waals surface area contributed by atoms with Crippen molar-refractivity contribution in [2.75, 3.05) is 22.9 Å². The molecule has 0 saturated carbocycles. The van der Waals surface area contributed by atoms with Gasteiger partial charge in [-0.1, -0.05) is 6.07 Å². The second-order valence-electron chi connectivity index (χ2n) is 6.86. The van der Waals surface area contributed by atoms with Crippen molar-refractivity contribution in [2.45, 2.75) is 19.4 Å². The number of pyridine rings is 1. The zero-order chi connectivity index (χ0) is 20.3. The van der Waals surface area contributed by atoms with Crippen LogP contribution in [0.15, 0.2) is 42.5 Å². The second-order valence-corrected chi connectivity index (χ2v) is 6.86. The molecule has 0 radical (unpaired) electrons. The van der Waals surface area contributed by atoms with Crippen LogP contribution in [-0.4, -0.2) is 32.2 Å². The average molecular weight is 386 g/mol. The smallest absolute Gasteiger partial charge is 0.182 e. The first-order valence-electron chi connectivity index (χ1n) is 8.49. The van der Waals surface area contributed by atoms with Gasteiger partial charge in [0.15, 0.2) is 5.82 Å². The van der Waals surface area contributed by atoms with Crippen molar-refractivity contribution in [3.8, 4) is 11.5 Å². The maximum atomic E-state index is 13.5. The zero-order valence-corrected chi connectivity index (χ0v) is 15.4. The SMILES string of the molecule is CC(C)(O)CNc1cc(Nc2cc(F)cc(F)c2)nc(-c2cccc(N)n2)n1. The fourth-order valence-electron chi connectivity index (χ4n) is 2.37. The summed E-state index contributed by atoms with van der Waals surface area (Å²) in [5.41, 5.74) is 5.38. The van der Waals surface area contributed by atoms with Gasteiger partial charge in [0, 0.05) is 24.4 Å². The van der Waals surface area contributed by atoms with Crippen LogP contribution in [0.25, 0.3) is 11.5 Å². The maximum Gasteiger partial charge on any atom is 0.182 e. The normalized spacial score (nSPS) is 11.3. The Morgan fingerprint density at radius 1 is 1.00 bits per heavy atom. The lowest BCUT2D eigenvalue weighted by Crippen LogP contribution is -2.29. The lowest BCUT2D eigenvalue weighted by atomic mass is 10.1. The Morgan fingerprint density at radius 2 is 1.68 bits per heavy atom. The van der Waals surface area contributed by atoms with Crippen LogP contribution >= 0.6 is 0 Å². The Morgan fingerprint density at radius 3 is 2.32 bits per heavy atom. The van der Waals surface area contributed by atoms with Gasteiger partial charge >= 0.3 is 0 Å². The highest BCUT2D eigenvalue weighted by Crippen LogP contribution is 2.23. The number of nitrogen functional groups attached to an aromatic ring is 1. The molecule has 0 aliphatic carbocycles. The summed E-state index contributed by atoms with van der Waals surface area (Å²) < 4.78 is 26.9. The predicted molar refractivity (Wildman–Crippen MR) is 104 cm³/mol. The van der Waals surface area contributed by atoms with Crippen LogP contribution in [0.4, 0.5) is 31.9 Å². The van der Waals surface area contributed by atoms with Crippen LogP contribution in [0.1, 0.15) is 13.8 Å². The highest BCUT2D eigenvalue weighted by Gasteiger charge is 2.14. The van der Waals surface area contributed by atoms with Gasteiger partial charge in [-0.15, -0.1) is 0 Å². The van der Waals surface area contributed by atoms with Crippen molar-refractivity contribution in [3.63, 3.8) is 0 Å². The van der Waals surface area contributed by atoms with Crippen molar-refractivity contribution in [1.29, 1.82) is 0 Å². The van der Waals surface area contributed by atoms with Gasteiger partial charge in [-0.3, -0.25) is 0 Å². The van der Waals surface area contributed by atoms with Crippen LogP contribution in [0.3, 0.4) is 0 Å². The summed E-state index contributed by atoms with van der Waals surface area (Å²) in [6.45, 7) is 3.52. The van der Waals surface area contributed by atoms with Gasteiger partial charge in [-0.2, -0.15) is 0 Å². The highest BCUT2D eigenvalue weighted by molar-refractivity contribution is 5.64. The molecule has 0 saturated heterocycles. The molecule has 0 fully saturated rings. The molecular formula is C19H20F2N6O. The van der Waals surface area contributed by atoms with E-state index in [0.717, 1.165) is 18.2 Å². The summed E-state index contributed by atoms with van der Waals surface area (Å²) in [4.78, 5) is 12.9. The second kappa shape index (κ2) is 7.73. The molecule has 1 aromatic carbocycles. The number of aliphatic hydroxyl groups is 1. The van der Waals surface area contributed by atoms with E-state index in [2.05, 4.69) is 25.6 Å². The van der Waals surface area contributed by atoms with Gasteiger partial charge in [0.2, 0.25) is 0 Å². The third kappa shape index (κ3) is 5.34. The van der Waals surface area contributed by atoms with Gasteiger partial charge in [0.1, 0.15) is 34.8 Å². The van der Waals surface area contributed by atoms with E-state index < -0.39 is 17.2 Å². The van der Waals surface area contributed by atoms with Crippen molar-refractivity contribution in [2.24, 2.45) is 0 Å². The molecule has 0 amide bonds. The quantitative estimate of drug-likeness (QED) is 0.514. The molecule has 9 heteroatoms. The number of aromatic nitrogens is 3. The molecule has 0 spiro atoms. The third-order valence-corrected chi connectivity index (χ3v) is 3.56. The van der Waals surface area contributed by atoms with Crippen molar-refractivity contribution in [1.82, 2.24) is 15.0 Å². The fraction of sp³-hybridized carbons (Fsp3) is 0.211. The monoisotopic (exact) mass is 386 g/mol. The van der Waals surface area contributed by atoms with Crippen LogP contribution in [0.5, 0.6) is 0 Å². The molecule has 0 unspecified atom stereocenters. The molecule has 0 aliphatic heterocycles. The summed E-state index contributed by atoms with van der Waals surface area (Å²) >= 11 is 0. The molecule has 28 heavy (non-hydrogen) atoms. The van der Waals surface area contributed by atoms with E-state index >= 15 is 0 Å². The Bertz CT molecular complexity index is 970. The minimum Gasteiger partial charge on any atom is -0.389 e. The summed E-state index contributed by atoms with van der Waals surface area (Å²) in [6, 6.07) is 9.67. The first-order chi connectivity index (χ1) is 13.2. The molecule has 0 atom stereocenters.